The van der Waals surface area contributed by atoms with Crippen LogP contribution in [-0.4, -0.2) is 16.5 Å². The Bertz CT molecular complexity index is 402. The van der Waals surface area contributed by atoms with E-state index in [-0.39, 0.29) is 0 Å². The first-order valence-electron chi connectivity index (χ1n) is 7.34. The van der Waals surface area contributed by atoms with E-state index in [0.29, 0.717) is 11.4 Å². The SMILES string of the molecule is Cc1cc(NCC2(CC(C)C)CCCC2)nc(N)n1. The maximum absolute atomic E-state index is 5.69. The number of hydrogen-bond acceptors (Lipinski definition) is 4. The minimum atomic E-state index is 0.354. The summed E-state index contributed by atoms with van der Waals surface area (Å²) in [6.07, 6.45) is 6.67. The van der Waals surface area contributed by atoms with Crippen molar-refractivity contribution in [1.29, 1.82) is 0 Å². The second-order valence-corrected chi connectivity index (χ2v) is 6.41. The van der Waals surface area contributed by atoms with Gasteiger partial charge in [-0.1, -0.05) is 26.7 Å². The lowest BCUT2D eigenvalue weighted by molar-refractivity contribution is 0.252. The van der Waals surface area contributed by atoms with Crippen LogP contribution in [0.2, 0.25) is 0 Å². The van der Waals surface area contributed by atoms with Crippen molar-refractivity contribution in [3.63, 3.8) is 0 Å². The maximum Gasteiger partial charge on any atom is 0.222 e. The van der Waals surface area contributed by atoms with E-state index in [1.807, 2.05) is 13.0 Å². The van der Waals surface area contributed by atoms with Crippen LogP contribution in [0.4, 0.5) is 11.8 Å². The molecule has 0 atom stereocenters. The highest BCUT2D eigenvalue weighted by molar-refractivity contribution is 5.40. The van der Waals surface area contributed by atoms with Gasteiger partial charge >= 0.3 is 0 Å². The van der Waals surface area contributed by atoms with Gasteiger partial charge in [0.15, 0.2) is 0 Å². The molecule has 0 aromatic carbocycles. The Morgan fingerprint density at radius 3 is 2.58 bits per heavy atom. The largest absolute Gasteiger partial charge is 0.369 e. The molecule has 0 bridgehead atoms. The third-order valence-electron chi connectivity index (χ3n) is 4.02. The molecule has 19 heavy (non-hydrogen) atoms. The number of nitrogens with two attached hydrogens (primary N) is 1. The average molecular weight is 262 g/mol. The Kier molecular flexibility index (Phi) is 4.27. The zero-order valence-electron chi connectivity index (χ0n) is 12.4. The summed E-state index contributed by atoms with van der Waals surface area (Å²) in [4.78, 5) is 8.37. The first kappa shape index (κ1) is 14.1. The maximum atomic E-state index is 5.69. The van der Waals surface area contributed by atoms with Gasteiger partial charge in [-0.05, 0) is 37.5 Å². The number of anilines is 2. The Morgan fingerprint density at radius 1 is 1.32 bits per heavy atom. The van der Waals surface area contributed by atoms with Crippen LogP contribution < -0.4 is 11.1 Å². The second-order valence-electron chi connectivity index (χ2n) is 6.41. The van der Waals surface area contributed by atoms with Gasteiger partial charge in [0.05, 0.1) is 0 Å². The quantitative estimate of drug-likeness (QED) is 0.853. The van der Waals surface area contributed by atoms with Crippen LogP contribution in [0, 0.1) is 18.3 Å². The van der Waals surface area contributed by atoms with Gasteiger partial charge in [-0.15, -0.1) is 0 Å². The lowest BCUT2D eigenvalue weighted by Gasteiger charge is -2.31. The molecular weight excluding hydrogens is 236 g/mol. The van der Waals surface area contributed by atoms with Crippen molar-refractivity contribution in [2.45, 2.75) is 52.9 Å². The molecule has 106 valence electrons. The molecule has 3 N–H and O–H groups in total. The van der Waals surface area contributed by atoms with Gasteiger partial charge in [-0.3, -0.25) is 0 Å². The van der Waals surface area contributed by atoms with E-state index < -0.39 is 0 Å². The van der Waals surface area contributed by atoms with E-state index in [0.717, 1.165) is 24.0 Å². The fraction of sp³-hybridized carbons (Fsp3) is 0.733. The number of nitrogen functional groups attached to an aromatic ring is 1. The minimum absolute atomic E-state index is 0.354. The van der Waals surface area contributed by atoms with Crippen LogP contribution in [0.25, 0.3) is 0 Å². The molecule has 1 aromatic rings. The zero-order chi connectivity index (χ0) is 13.9. The Labute approximate surface area is 116 Å². The van der Waals surface area contributed by atoms with Gasteiger partial charge in [-0.25, -0.2) is 4.98 Å². The van der Waals surface area contributed by atoms with E-state index in [2.05, 4.69) is 29.1 Å². The van der Waals surface area contributed by atoms with E-state index in [1.54, 1.807) is 0 Å². The predicted molar refractivity (Wildman–Crippen MR) is 80.0 cm³/mol. The van der Waals surface area contributed by atoms with Crippen molar-refractivity contribution >= 4 is 11.8 Å². The number of aryl methyl sites for hydroxylation is 1. The fourth-order valence-corrected chi connectivity index (χ4v) is 3.40. The van der Waals surface area contributed by atoms with Gasteiger partial charge in [0.2, 0.25) is 5.95 Å². The van der Waals surface area contributed by atoms with Crippen molar-refractivity contribution in [3.8, 4) is 0 Å². The molecule has 0 spiro atoms. The lowest BCUT2D eigenvalue weighted by atomic mass is 9.78. The monoisotopic (exact) mass is 262 g/mol. The highest BCUT2D eigenvalue weighted by Gasteiger charge is 2.34. The van der Waals surface area contributed by atoms with Crippen molar-refractivity contribution < 1.29 is 0 Å². The standard InChI is InChI=1S/C15H26N4/c1-11(2)9-15(6-4-5-7-15)10-17-13-8-12(3)18-14(16)19-13/h8,11H,4-7,9-10H2,1-3H3,(H3,16,17,18,19). The summed E-state index contributed by atoms with van der Waals surface area (Å²) in [6, 6.07) is 1.97. The Hall–Kier alpha value is -1.32. The first-order chi connectivity index (χ1) is 8.99. The summed E-state index contributed by atoms with van der Waals surface area (Å²) >= 11 is 0. The molecule has 1 fully saturated rings. The van der Waals surface area contributed by atoms with Gasteiger partial charge in [0, 0.05) is 18.3 Å². The number of nitrogens with one attached hydrogen (secondary N) is 1. The minimum Gasteiger partial charge on any atom is -0.369 e. The summed E-state index contributed by atoms with van der Waals surface area (Å²) in [6.45, 7) is 7.57. The van der Waals surface area contributed by atoms with Gasteiger partial charge in [0.25, 0.3) is 0 Å². The topological polar surface area (TPSA) is 63.8 Å². The van der Waals surface area contributed by atoms with E-state index in [1.165, 1.54) is 32.1 Å². The van der Waals surface area contributed by atoms with Gasteiger partial charge in [-0.2, -0.15) is 4.98 Å². The molecule has 1 heterocycles. The Balaban J connectivity index is 2.02. The molecule has 0 unspecified atom stereocenters. The normalized spacial score (nSPS) is 17.9. The molecule has 4 heteroatoms. The van der Waals surface area contributed by atoms with Crippen LogP contribution in [0.3, 0.4) is 0 Å². The molecule has 1 saturated carbocycles. The molecule has 0 saturated heterocycles. The molecule has 1 aromatic heterocycles. The summed E-state index contributed by atoms with van der Waals surface area (Å²) in [7, 11) is 0. The van der Waals surface area contributed by atoms with Crippen LogP contribution in [0.5, 0.6) is 0 Å². The lowest BCUT2D eigenvalue weighted by Crippen LogP contribution is -2.28. The van der Waals surface area contributed by atoms with Crippen LogP contribution in [-0.2, 0) is 0 Å². The van der Waals surface area contributed by atoms with Gasteiger partial charge < -0.3 is 11.1 Å². The summed E-state index contributed by atoms with van der Waals surface area (Å²) in [5.74, 6) is 1.96. The molecule has 0 aliphatic heterocycles. The van der Waals surface area contributed by atoms with Crippen molar-refractivity contribution in [3.05, 3.63) is 11.8 Å². The van der Waals surface area contributed by atoms with Gasteiger partial charge in [0.1, 0.15) is 5.82 Å². The molecular formula is C15H26N4. The summed E-state index contributed by atoms with van der Waals surface area (Å²) < 4.78 is 0. The number of nitrogens with zero attached hydrogens (tertiary/aromatic N) is 2. The second kappa shape index (κ2) is 5.76. The smallest absolute Gasteiger partial charge is 0.222 e. The van der Waals surface area contributed by atoms with Crippen molar-refractivity contribution in [2.75, 3.05) is 17.6 Å². The Morgan fingerprint density at radius 2 is 2.00 bits per heavy atom. The number of hydrogen-bond donors (Lipinski definition) is 2. The summed E-state index contributed by atoms with van der Waals surface area (Å²) in [5, 5.41) is 3.48. The van der Waals surface area contributed by atoms with Crippen molar-refractivity contribution in [2.24, 2.45) is 11.3 Å². The van der Waals surface area contributed by atoms with Crippen molar-refractivity contribution in [1.82, 2.24) is 9.97 Å². The van der Waals surface area contributed by atoms with E-state index in [9.17, 15) is 0 Å². The molecule has 0 amide bonds. The summed E-state index contributed by atoms with van der Waals surface area (Å²) in [5.41, 5.74) is 7.06. The first-order valence-corrected chi connectivity index (χ1v) is 7.34. The molecule has 2 rings (SSSR count). The van der Waals surface area contributed by atoms with Crippen LogP contribution in [0.15, 0.2) is 6.07 Å². The molecule has 0 radical (unpaired) electrons. The van der Waals surface area contributed by atoms with Crippen LogP contribution in [0.1, 0.15) is 51.6 Å². The van der Waals surface area contributed by atoms with E-state index in [4.69, 9.17) is 5.73 Å². The highest BCUT2D eigenvalue weighted by Crippen LogP contribution is 2.43. The third-order valence-corrected chi connectivity index (χ3v) is 4.02. The number of aromatic nitrogens is 2. The predicted octanol–water partition coefficient (Wildman–Crippen LogP) is 3.39. The molecule has 1 aliphatic rings. The van der Waals surface area contributed by atoms with E-state index >= 15 is 0 Å². The average Bonchev–Trinajstić information content (AvgIpc) is 2.73. The molecule has 1 aliphatic carbocycles. The fourth-order valence-electron chi connectivity index (χ4n) is 3.40. The highest BCUT2D eigenvalue weighted by atomic mass is 15.1. The number of rotatable bonds is 5. The third kappa shape index (κ3) is 3.82. The zero-order valence-corrected chi connectivity index (χ0v) is 12.4. The van der Waals surface area contributed by atoms with Crippen LogP contribution >= 0.6 is 0 Å². The molecule has 4 nitrogen and oxygen atoms in total.